The molecule has 5 heteroatoms. The zero-order valence-corrected chi connectivity index (χ0v) is 18.2. The van der Waals surface area contributed by atoms with Crippen molar-refractivity contribution in [2.75, 3.05) is 0 Å². The third-order valence-electron chi connectivity index (χ3n) is 6.33. The third-order valence-corrected chi connectivity index (χ3v) is 7.51. The summed E-state index contributed by atoms with van der Waals surface area (Å²) in [6, 6.07) is 8.52. The second-order valence-corrected chi connectivity index (χ2v) is 9.23. The number of benzene rings is 1. The standard InChI is InChI=1S/C24H25N3OS/c1-13-8-7-10-19(15(13)3)27-14(2)12-18(16(27)4)22-25-23(28)21-17-9-5-6-11-20(17)29-24(21)26-22/h7-8,10,12H,5-6,9,11H2,1-4H3,(H,25,26,28). The van der Waals surface area contributed by atoms with E-state index < -0.39 is 0 Å². The number of aromatic amines is 1. The SMILES string of the molecule is Cc1cccc(-n2c(C)cc(-c3nc4sc5c(c4c(=O)[nH]3)CCCC5)c2C)c1C. The Labute approximate surface area is 174 Å². The van der Waals surface area contributed by atoms with Gasteiger partial charge in [-0.25, -0.2) is 4.98 Å². The summed E-state index contributed by atoms with van der Waals surface area (Å²) < 4.78 is 2.27. The number of fused-ring (bicyclic) bond motifs is 3. The Balaban J connectivity index is 1.70. The Kier molecular flexibility index (Phi) is 4.24. The number of nitrogens with one attached hydrogen (secondary N) is 1. The number of hydrogen-bond donors (Lipinski definition) is 1. The number of hydrogen-bond acceptors (Lipinski definition) is 3. The van der Waals surface area contributed by atoms with Crippen molar-refractivity contribution in [1.82, 2.24) is 14.5 Å². The average Bonchev–Trinajstić information content (AvgIpc) is 3.21. The molecule has 1 aliphatic rings. The fourth-order valence-electron chi connectivity index (χ4n) is 4.64. The summed E-state index contributed by atoms with van der Waals surface area (Å²) in [4.78, 5) is 23.2. The van der Waals surface area contributed by atoms with Crippen molar-refractivity contribution in [1.29, 1.82) is 0 Å². The fourth-order valence-corrected chi connectivity index (χ4v) is 5.90. The van der Waals surface area contributed by atoms with Gasteiger partial charge >= 0.3 is 0 Å². The molecule has 0 atom stereocenters. The van der Waals surface area contributed by atoms with Gasteiger partial charge in [-0.1, -0.05) is 12.1 Å². The molecule has 0 saturated heterocycles. The molecule has 5 rings (SSSR count). The maximum absolute atomic E-state index is 13.0. The predicted octanol–water partition coefficient (Wildman–Crippen LogP) is 5.55. The second kappa shape index (κ2) is 6.70. The molecule has 29 heavy (non-hydrogen) atoms. The highest BCUT2D eigenvalue weighted by Crippen LogP contribution is 2.35. The molecule has 0 fully saturated rings. The molecule has 0 bridgehead atoms. The summed E-state index contributed by atoms with van der Waals surface area (Å²) in [6.45, 7) is 8.51. The van der Waals surface area contributed by atoms with Crippen molar-refractivity contribution in [2.45, 2.75) is 53.4 Å². The smallest absolute Gasteiger partial charge is 0.260 e. The molecule has 1 aromatic carbocycles. The van der Waals surface area contributed by atoms with Crippen molar-refractivity contribution in [2.24, 2.45) is 0 Å². The first-order chi connectivity index (χ1) is 14.0. The van der Waals surface area contributed by atoms with Gasteiger partial charge in [0.25, 0.3) is 5.56 Å². The number of H-pyrrole nitrogens is 1. The van der Waals surface area contributed by atoms with E-state index in [2.05, 4.69) is 61.5 Å². The molecule has 0 aliphatic heterocycles. The summed E-state index contributed by atoms with van der Waals surface area (Å²) in [7, 11) is 0. The number of thiophene rings is 1. The van der Waals surface area contributed by atoms with Gasteiger partial charge in [0.05, 0.1) is 5.39 Å². The summed E-state index contributed by atoms with van der Waals surface area (Å²) in [5.41, 5.74) is 8.19. The number of aryl methyl sites for hydroxylation is 4. The number of aromatic nitrogens is 3. The summed E-state index contributed by atoms with van der Waals surface area (Å²) in [5, 5.41) is 0.816. The van der Waals surface area contributed by atoms with Crippen LogP contribution in [0.2, 0.25) is 0 Å². The topological polar surface area (TPSA) is 50.7 Å². The molecule has 0 spiro atoms. The lowest BCUT2D eigenvalue weighted by Gasteiger charge is -2.14. The highest BCUT2D eigenvalue weighted by molar-refractivity contribution is 7.18. The Morgan fingerprint density at radius 1 is 1.10 bits per heavy atom. The van der Waals surface area contributed by atoms with Crippen LogP contribution in [0.15, 0.2) is 29.1 Å². The lowest BCUT2D eigenvalue weighted by molar-refractivity contribution is 0.700. The Morgan fingerprint density at radius 2 is 1.90 bits per heavy atom. The Bertz CT molecular complexity index is 1320. The fraction of sp³-hybridized carbons (Fsp3) is 0.333. The molecule has 3 aromatic heterocycles. The molecule has 148 valence electrons. The molecule has 0 unspecified atom stereocenters. The molecule has 0 amide bonds. The van der Waals surface area contributed by atoms with E-state index in [0.717, 1.165) is 46.4 Å². The highest BCUT2D eigenvalue weighted by atomic mass is 32.1. The van der Waals surface area contributed by atoms with Crippen LogP contribution in [0.25, 0.3) is 27.3 Å². The predicted molar refractivity (Wildman–Crippen MR) is 121 cm³/mol. The monoisotopic (exact) mass is 403 g/mol. The van der Waals surface area contributed by atoms with Crippen molar-refractivity contribution in [3.8, 4) is 17.1 Å². The molecular weight excluding hydrogens is 378 g/mol. The summed E-state index contributed by atoms with van der Waals surface area (Å²) in [5.74, 6) is 0.672. The molecule has 4 nitrogen and oxygen atoms in total. The minimum Gasteiger partial charge on any atom is -0.317 e. The van der Waals surface area contributed by atoms with E-state index in [1.165, 1.54) is 33.7 Å². The zero-order chi connectivity index (χ0) is 20.3. The molecular formula is C24H25N3OS. The minimum absolute atomic E-state index is 0.000870. The van der Waals surface area contributed by atoms with Crippen LogP contribution in [0, 0.1) is 27.7 Å². The number of rotatable bonds is 2. The Morgan fingerprint density at radius 3 is 2.72 bits per heavy atom. The van der Waals surface area contributed by atoms with Gasteiger partial charge in [-0.05, 0) is 82.2 Å². The van der Waals surface area contributed by atoms with Crippen molar-refractivity contribution in [3.63, 3.8) is 0 Å². The van der Waals surface area contributed by atoms with Gasteiger partial charge in [0.2, 0.25) is 0 Å². The van der Waals surface area contributed by atoms with Gasteiger partial charge in [-0.3, -0.25) is 4.79 Å². The first kappa shape index (κ1) is 18.4. The number of nitrogens with zero attached hydrogens (tertiary/aromatic N) is 2. The van der Waals surface area contributed by atoms with Gasteiger partial charge in [0, 0.05) is 27.5 Å². The first-order valence-electron chi connectivity index (χ1n) is 10.3. The van der Waals surface area contributed by atoms with Gasteiger partial charge in [0.1, 0.15) is 10.7 Å². The molecule has 0 radical (unpaired) electrons. The van der Waals surface area contributed by atoms with Gasteiger partial charge in [-0.15, -0.1) is 11.3 Å². The van der Waals surface area contributed by atoms with Crippen LogP contribution in [0.1, 0.15) is 45.8 Å². The molecule has 4 aromatic rings. The molecule has 1 N–H and O–H groups in total. The van der Waals surface area contributed by atoms with Crippen LogP contribution in [-0.4, -0.2) is 14.5 Å². The quantitative estimate of drug-likeness (QED) is 0.477. The van der Waals surface area contributed by atoms with E-state index in [0.29, 0.717) is 5.82 Å². The van der Waals surface area contributed by atoms with E-state index >= 15 is 0 Å². The lowest BCUT2D eigenvalue weighted by atomic mass is 9.97. The average molecular weight is 404 g/mol. The highest BCUT2D eigenvalue weighted by Gasteiger charge is 2.22. The molecule has 0 saturated carbocycles. The van der Waals surface area contributed by atoms with E-state index in [1.807, 2.05) is 0 Å². The van der Waals surface area contributed by atoms with Crippen LogP contribution in [-0.2, 0) is 12.8 Å². The van der Waals surface area contributed by atoms with Crippen LogP contribution in [0.5, 0.6) is 0 Å². The van der Waals surface area contributed by atoms with Gasteiger partial charge in [0.15, 0.2) is 0 Å². The van der Waals surface area contributed by atoms with Crippen LogP contribution < -0.4 is 5.56 Å². The van der Waals surface area contributed by atoms with Crippen LogP contribution >= 0.6 is 11.3 Å². The normalized spacial score (nSPS) is 13.8. The molecule has 1 aliphatic carbocycles. The van der Waals surface area contributed by atoms with Gasteiger partial charge in [-0.2, -0.15) is 0 Å². The van der Waals surface area contributed by atoms with E-state index in [-0.39, 0.29) is 5.56 Å². The zero-order valence-electron chi connectivity index (χ0n) is 17.3. The second-order valence-electron chi connectivity index (χ2n) is 8.14. The molecule has 3 heterocycles. The lowest BCUT2D eigenvalue weighted by Crippen LogP contribution is -2.11. The summed E-state index contributed by atoms with van der Waals surface area (Å²) in [6.07, 6.45) is 4.45. The third kappa shape index (κ3) is 2.79. The van der Waals surface area contributed by atoms with E-state index in [4.69, 9.17) is 4.98 Å². The maximum Gasteiger partial charge on any atom is 0.260 e. The largest absolute Gasteiger partial charge is 0.317 e. The van der Waals surface area contributed by atoms with Crippen molar-refractivity contribution >= 4 is 21.6 Å². The Hall–Kier alpha value is -2.66. The van der Waals surface area contributed by atoms with Crippen molar-refractivity contribution in [3.05, 3.63) is 67.6 Å². The summed E-state index contributed by atoms with van der Waals surface area (Å²) >= 11 is 1.70. The van der Waals surface area contributed by atoms with Gasteiger partial charge < -0.3 is 9.55 Å². The minimum atomic E-state index is 0.000870. The first-order valence-corrected chi connectivity index (χ1v) is 11.1. The van der Waals surface area contributed by atoms with Crippen LogP contribution in [0.3, 0.4) is 0 Å². The van der Waals surface area contributed by atoms with Crippen LogP contribution in [0.4, 0.5) is 0 Å². The maximum atomic E-state index is 13.0. The van der Waals surface area contributed by atoms with E-state index in [9.17, 15) is 4.79 Å². The van der Waals surface area contributed by atoms with E-state index in [1.54, 1.807) is 11.3 Å². The van der Waals surface area contributed by atoms with Crippen molar-refractivity contribution < 1.29 is 0 Å².